The maximum Gasteiger partial charge on any atom is 0.224 e. The Bertz CT molecular complexity index is 903. The quantitative estimate of drug-likeness (QED) is 0.703. The maximum absolute atomic E-state index is 4.69. The van der Waals surface area contributed by atoms with Gasteiger partial charge in [-0.15, -0.1) is 0 Å². The molecule has 0 saturated heterocycles. The number of fused-ring (bicyclic) bond motifs is 1. The zero-order valence-corrected chi connectivity index (χ0v) is 14.7. The van der Waals surface area contributed by atoms with E-state index in [2.05, 4.69) is 39.1 Å². The lowest BCUT2D eigenvalue weighted by Crippen LogP contribution is -2.12. The molecule has 3 heterocycles. The molecule has 3 aromatic heterocycles. The van der Waals surface area contributed by atoms with Crippen LogP contribution in [0.4, 0.5) is 11.6 Å². The summed E-state index contributed by atoms with van der Waals surface area (Å²) in [5, 5.41) is 4.17. The summed E-state index contributed by atoms with van der Waals surface area (Å²) < 4.78 is 0. The van der Waals surface area contributed by atoms with Crippen molar-refractivity contribution in [2.45, 2.75) is 40.7 Å². The SMILES string of the molecule is CC(C)=Nc1ccc(-c2c[nH]c3nc(NC(C)C)ncc23)nc1C. The maximum atomic E-state index is 4.69. The third-order valence-corrected chi connectivity index (χ3v) is 3.53. The van der Waals surface area contributed by atoms with E-state index in [1.54, 1.807) is 0 Å². The van der Waals surface area contributed by atoms with Crippen molar-refractivity contribution in [3.05, 3.63) is 30.2 Å². The van der Waals surface area contributed by atoms with Crippen molar-refractivity contribution >= 4 is 28.4 Å². The van der Waals surface area contributed by atoms with Crippen molar-refractivity contribution < 1.29 is 0 Å². The molecule has 0 spiro atoms. The van der Waals surface area contributed by atoms with E-state index in [0.29, 0.717) is 5.95 Å². The zero-order valence-electron chi connectivity index (χ0n) is 14.7. The first kappa shape index (κ1) is 16.1. The van der Waals surface area contributed by atoms with E-state index in [0.717, 1.165) is 39.4 Å². The van der Waals surface area contributed by atoms with Crippen LogP contribution >= 0.6 is 0 Å². The normalized spacial score (nSPS) is 11.1. The van der Waals surface area contributed by atoms with Crippen LogP contribution in [-0.4, -0.2) is 31.7 Å². The van der Waals surface area contributed by atoms with Gasteiger partial charge >= 0.3 is 0 Å². The predicted molar refractivity (Wildman–Crippen MR) is 99.1 cm³/mol. The summed E-state index contributed by atoms with van der Waals surface area (Å²) in [6, 6.07) is 4.27. The average Bonchev–Trinajstić information content (AvgIpc) is 2.91. The number of aliphatic imine (C=N–C) groups is 1. The van der Waals surface area contributed by atoms with Gasteiger partial charge in [0.25, 0.3) is 0 Å². The number of aromatic nitrogens is 4. The molecule has 0 amide bonds. The third-order valence-electron chi connectivity index (χ3n) is 3.53. The largest absolute Gasteiger partial charge is 0.352 e. The molecule has 0 aliphatic rings. The highest BCUT2D eigenvalue weighted by Gasteiger charge is 2.11. The minimum atomic E-state index is 0.288. The van der Waals surface area contributed by atoms with E-state index in [1.807, 2.05) is 45.3 Å². The molecule has 124 valence electrons. The van der Waals surface area contributed by atoms with Crippen LogP contribution in [0.2, 0.25) is 0 Å². The lowest BCUT2D eigenvalue weighted by atomic mass is 10.1. The molecule has 6 heteroatoms. The van der Waals surface area contributed by atoms with Crippen molar-refractivity contribution in [2.24, 2.45) is 4.99 Å². The fourth-order valence-corrected chi connectivity index (χ4v) is 2.51. The van der Waals surface area contributed by atoms with Crippen LogP contribution in [0.5, 0.6) is 0 Å². The van der Waals surface area contributed by atoms with Crippen molar-refractivity contribution in [3.8, 4) is 11.3 Å². The molecule has 0 radical (unpaired) electrons. The lowest BCUT2D eigenvalue weighted by molar-refractivity contribution is 0.877. The number of nitrogens with one attached hydrogen (secondary N) is 2. The second-order valence-electron chi connectivity index (χ2n) is 6.32. The standard InChI is InChI=1S/C18H22N6/c1-10(2)21-15-6-7-16(23-12(15)5)13-8-19-17-14(13)9-20-18(24-17)22-11(3)4/h6-9,11H,1-5H3,(H2,19,20,22,24). The number of rotatable bonds is 4. The number of pyridine rings is 1. The molecular formula is C18H22N6. The number of H-pyrrole nitrogens is 1. The molecule has 0 unspecified atom stereocenters. The summed E-state index contributed by atoms with van der Waals surface area (Å²) >= 11 is 0. The molecule has 2 N–H and O–H groups in total. The Kier molecular flexibility index (Phi) is 4.29. The van der Waals surface area contributed by atoms with Gasteiger partial charge in [-0.2, -0.15) is 4.98 Å². The molecule has 0 aliphatic carbocycles. The van der Waals surface area contributed by atoms with Crippen LogP contribution in [-0.2, 0) is 0 Å². The summed E-state index contributed by atoms with van der Waals surface area (Å²) in [6.45, 7) is 10.0. The molecule has 0 bridgehead atoms. The van der Waals surface area contributed by atoms with Gasteiger partial charge in [-0.1, -0.05) is 0 Å². The van der Waals surface area contributed by atoms with E-state index in [4.69, 9.17) is 4.98 Å². The molecule has 0 atom stereocenters. The van der Waals surface area contributed by atoms with Crippen LogP contribution in [0, 0.1) is 6.92 Å². The summed E-state index contributed by atoms with van der Waals surface area (Å²) in [5.74, 6) is 0.623. The Hall–Kier alpha value is -2.76. The Morgan fingerprint density at radius 2 is 2.00 bits per heavy atom. The van der Waals surface area contributed by atoms with Crippen LogP contribution in [0.15, 0.2) is 29.5 Å². The molecule has 0 aliphatic heterocycles. The molecule has 3 rings (SSSR count). The second-order valence-corrected chi connectivity index (χ2v) is 6.32. The first-order valence-electron chi connectivity index (χ1n) is 8.04. The first-order valence-corrected chi connectivity index (χ1v) is 8.04. The molecule has 0 fully saturated rings. The first-order chi connectivity index (χ1) is 11.4. The highest BCUT2D eigenvalue weighted by molar-refractivity contribution is 5.92. The number of hydrogen-bond acceptors (Lipinski definition) is 5. The van der Waals surface area contributed by atoms with Gasteiger partial charge in [0.1, 0.15) is 5.65 Å². The van der Waals surface area contributed by atoms with Crippen LogP contribution in [0.1, 0.15) is 33.4 Å². The van der Waals surface area contributed by atoms with Crippen molar-refractivity contribution in [1.29, 1.82) is 0 Å². The third kappa shape index (κ3) is 3.27. The molecule has 24 heavy (non-hydrogen) atoms. The van der Waals surface area contributed by atoms with Crippen LogP contribution < -0.4 is 5.32 Å². The Morgan fingerprint density at radius 1 is 1.21 bits per heavy atom. The van der Waals surface area contributed by atoms with E-state index in [9.17, 15) is 0 Å². The number of aryl methyl sites for hydroxylation is 1. The van der Waals surface area contributed by atoms with Gasteiger partial charge in [0.05, 0.1) is 17.1 Å². The lowest BCUT2D eigenvalue weighted by Gasteiger charge is -2.07. The smallest absolute Gasteiger partial charge is 0.224 e. The molecule has 3 aromatic rings. The predicted octanol–water partition coefficient (Wildman–Crippen LogP) is 4.26. The van der Waals surface area contributed by atoms with Crippen molar-refractivity contribution in [3.63, 3.8) is 0 Å². The topological polar surface area (TPSA) is 78.9 Å². The highest BCUT2D eigenvalue weighted by atomic mass is 15.1. The number of aromatic amines is 1. The van der Waals surface area contributed by atoms with E-state index < -0.39 is 0 Å². The van der Waals surface area contributed by atoms with Gasteiger partial charge in [-0.25, -0.2) is 4.98 Å². The van der Waals surface area contributed by atoms with Gasteiger partial charge in [0.15, 0.2) is 0 Å². The summed E-state index contributed by atoms with van der Waals surface area (Å²) in [7, 11) is 0. The van der Waals surface area contributed by atoms with Crippen LogP contribution in [0.3, 0.4) is 0 Å². The summed E-state index contributed by atoms with van der Waals surface area (Å²) in [6.07, 6.45) is 3.76. The summed E-state index contributed by atoms with van der Waals surface area (Å²) in [5.41, 5.74) is 5.50. The molecule has 0 aromatic carbocycles. The second kappa shape index (κ2) is 6.39. The number of nitrogens with zero attached hydrogens (tertiary/aromatic N) is 4. The Labute approximate surface area is 141 Å². The zero-order chi connectivity index (χ0) is 17.3. The van der Waals surface area contributed by atoms with Crippen molar-refractivity contribution in [1.82, 2.24) is 19.9 Å². The minimum absolute atomic E-state index is 0.288. The Balaban J connectivity index is 2.01. The monoisotopic (exact) mass is 322 g/mol. The van der Waals surface area contributed by atoms with Gasteiger partial charge < -0.3 is 10.3 Å². The van der Waals surface area contributed by atoms with E-state index >= 15 is 0 Å². The molecular weight excluding hydrogens is 300 g/mol. The van der Waals surface area contributed by atoms with Gasteiger partial charge in [0.2, 0.25) is 5.95 Å². The van der Waals surface area contributed by atoms with Crippen molar-refractivity contribution in [2.75, 3.05) is 5.32 Å². The number of anilines is 1. The summed E-state index contributed by atoms with van der Waals surface area (Å²) in [4.78, 5) is 21.3. The Morgan fingerprint density at radius 3 is 2.67 bits per heavy atom. The van der Waals surface area contributed by atoms with Gasteiger partial charge in [-0.3, -0.25) is 9.98 Å². The molecule has 6 nitrogen and oxygen atoms in total. The average molecular weight is 322 g/mol. The van der Waals surface area contributed by atoms with Gasteiger partial charge in [-0.05, 0) is 46.8 Å². The van der Waals surface area contributed by atoms with Gasteiger partial charge in [0, 0.05) is 35.1 Å². The van der Waals surface area contributed by atoms with Crippen LogP contribution in [0.25, 0.3) is 22.3 Å². The molecule has 0 saturated carbocycles. The highest BCUT2D eigenvalue weighted by Crippen LogP contribution is 2.29. The minimum Gasteiger partial charge on any atom is -0.352 e. The fraction of sp³-hybridized carbons (Fsp3) is 0.333. The number of hydrogen-bond donors (Lipinski definition) is 2. The fourth-order valence-electron chi connectivity index (χ4n) is 2.51. The van der Waals surface area contributed by atoms with E-state index in [1.165, 1.54) is 0 Å². The van der Waals surface area contributed by atoms with E-state index in [-0.39, 0.29) is 6.04 Å².